The lowest BCUT2D eigenvalue weighted by atomic mass is 9.81. The summed E-state index contributed by atoms with van der Waals surface area (Å²) in [7, 11) is 0. The van der Waals surface area contributed by atoms with Gasteiger partial charge in [-0.3, -0.25) is 19.2 Å². The van der Waals surface area contributed by atoms with Crippen molar-refractivity contribution in [2.24, 2.45) is 0 Å². The van der Waals surface area contributed by atoms with E-state index in [0.717, 1.165) is 0 Å². The number of halogens is 2. The summed E-state index contributed by atoms with van der Waals surface area (Å²) < 4.78 is 0. The second-order valence-electron chi connectivity index (χ2n) is 6.18. The fourth-order valence-electron chi connectivity index (χ4n) is 3.00. The molecule has 1 atom stereocenters. The van der Waals surface area contributed by atoms with Crippen molar-refractivity contribution in [1.82, 2.24) is 0 Å². The summed E-state index contributed by atoms with van der Waals surface area (Å²) in [5.41, 5.74) is 1.36. The van der Waals surface area contributed by atoms with Gasteiger partial charge in [-0.1, -0.05) is 30.3 Å². The van der Waals surface area contributed by atoms with Crippen LogP contribution in [0.3, 0.4) is 0 Å². The van der Waals surface area contributed by atoms with Crippen LogP contribution in [0.15, 0.2) is 36.4 Å². The maximum atomic E-state index is 13.1. The summed E-state index contributed by atoms with van der Waals surface area (Å²) in [6.45, 7) is 1.48. The number of hydrogen-bond acceptors (Lipinski definition) is 4. The van der Waals surface area contributed by atoms with Crippen LogP contribution in [-0.4, -0.2) is 34.5 Å². The van der Waals surface area contributed by atoms with Gasteiger partial charge in [0.2, 0.25) is 5.91 Å². The summed E-state index contributed by atoms with van der Waals surface area (Å²) in [5, 5.41) is 1.75. The number of amides is 1. The molecule has 5 nitrogen and oxygen atoms in total. The Morgan fingerprint density at radius 2 is 1.63 bits per heavy atom. The first-order valence-electron chi connectivity index (χ1n) is 8.22. The quantitative estimate of drug-likeness (QED) is 0.662. The Balaban J connectivity index is 2.21. The highest BCUT2D eigenvalue weighted by molar-refractivity contribution is 6.34. The Morgan fingerprint density at radius 1 is 1.00 bits per heavy atom. The summed E-state index contributed by atoms with van der Waals surface area (Å²) >= 11 is 11.4. The van der Waals surface area contributed by atoms with E-state index in [-0.39, 0.29) is 46.2 Å². The number of carbonyl (C=O) groups excluding carboxylic acids is 4. The van der Waals surface area contributed by atoms with Gasteiger partial charge < -0.3 is 5.32 Å². The zero-order valence-electron chi connectivity index (χ0n) is 14.3. The van der Waals surface area contributed by atoms with Gasteiger partial charge in [-0.25, -0.2) is 0 Å². The van der Waals surface area contributed by atoms with Crippen LogP contribution in [0.4, 0.5) is 5.69 Å². The molecule has 0 saturated heterocycles. The first kappa shape index (κ1) is 19.3. The number of anilines is 1. The Kier molecular flexibility index (Phi) is 5.44. The van der Waals surface area contributed by atoms with Gasteiger partial charge in [-0.15, -0.1) is 23.2 Å². The van der Waals surface area contributed by atoms with Gasteiger partial charge >= 0.3 is 0 Å². The van der Waals surface area contributed by atoms with E-state index in [9.17, 15) is 19.2 Å². The van der Waals surface area contributed by atoms with Gasteiger partial charge in [-0.05, 0) is 18.6 Å². The molecule has 2 aromatic carbocycles. The highest BCUT2D eigenvalue weighted by Gasteiger charge is 2.33. The van der Waals surface area contributed by atoms with E-state index < -0.39 is 17.1 Å². The summed E-state index contributed by atoms with van der Waals surface area (Å²) in [4.78, 5) is 50.0. The van der Waals surface area contributed by atoms with E-state index >= 15 is 0 Å². The molecule has 1 N–H and O–H groups in total. The largest absolute Gasteiger partial charge is 0.324 e. The van der Waals surface area contributed by atoms with Gasteiger partial charge in [0.15, 0.2) is 17.3 Å². The molecule has 7 heteroatoms. The first-order valence-corrected chi connectivity index (χ1v) is 9.19. The molecule has 0 aromatic heterocycles. The Labute approximate surface area is 165 Å². The molecule has 0 spiro atoms. The Bertz CT molecular complexity index is 982. The molecule has 0 aliphatic heterocycles. The molecule has 27 heavy (non-hydrogen) atoms. The van der Waals surface area contributed by atoms with E-state index in [4.69, 9.17) is 23.2 Å². The Morgan fingerprint density at radius 3 is 2.22 bits per heavy atom. The van der Waals surface area contributed by atoms with Crippen molar-refractivity contribution in [2.75, 3.05) is 11.2 Å². The normalized spacial score (nSPS) is 13.6. The van der Waals surface area contributed by atoms with Crippen molar-refractivity contribution in [1.29, 1.82) is 0 Å². The predicted molar refractivity (Wildman–Crippen MR) is 103 cm³/mol. The minimum absolute atomic E-state index is 0.0734. The molecule has 3 rings (SSSR count). The minimum Gasteiger partial charge on any atom is -0.324 e. The zero-order chi connectivity index (χ0) is 19.7. The van der Waals surface area contributed by atoms with Gasteiger partial charge in [-0.2, -0.15) is 0 Å². The lowest BCUT2D eigenvalue weighted by Crippen LogP contribution is -2.27. The minimum atomic E-state index is -0.862. The number of rotatable bonds is 5. The SMILES string of the molecule is CC(Cl)C(=O)Nc1c(CC(=O)CCl)ccc2c1C(=O)c1ccccc1C2=O. The van der Waals surface area contributed by atoms with Gasteiger partial charge in [0.1, 0.15) is 5.38 Å². The standard InChI is InChI=1S/C20H15Cl2NO4/c1-10(22)20(27)23-17-11(8-12(24)9-21)6-7-15-16(17)19(26)14-5-3-2-4-13(14)18(15)25/h2-7,10H,8-9H2,1H3,(H,23,27). The topological polar surface area (TPSA) is 80.3 Å². The monoisotopic (exact) mass is 403 g/mol. The van der Waals surface area contributed by atoms with E-state index in [1.165, 1.54) is 13.0 Å². The van der Waals surface area contributed by atoms with Crippen molar-refractivity contribution in [3.05, 3.63) is 64.2 Å². The fourth-order valence-corrected chi connectivity index (χ4v) is 3.15. The number of ketones is 3. The van der Waals surface area contributed by atoms with Gasteiger partial charge in [0.05, 0.1) is 17.1 Å². The molecule has 1 unspecified atom stereocenters. The number of nitrogens with one attached hydrogen (secondary N) is 1. The van der Waals surface area contributed by atoms with Crippen LogP contribution in [0, 0.1) is 0 Å². The molecule has 138 valence electrons. The second-order valence-corrected chi connectivity index (χ2v) is 7.10. The van der Waals surface area contributed by atoms with Crippen molar-refractivity contribution in [2.45, 2.75) is 18.7 Å². The molecule has 1 amide bonds. The Hall–Kier alpha value is -2.50. The van der Waals surface area contributed by atoms with Crippen molar-refractivity contribution in [3.8, 4) is 0 Å². The molecule has 2 aromatic rings. The average Bonchev–Trinajstić information content (AvgIpc) is 2.66. The third-order valence-electron chi connectivity index (χ3n) is 4.33. The van der Waals surface area contributed by atoms with E-state index in [0.29, 0.717) is 11.1 Å². The highest BCUT2D eigenvalue weighted by atomic mass is 35.5. The highest BCUT2D eigenvalue weighted by Crippen LogP contribution is 2.34. The lowest BCUT2D eigenvalue weighted by molar-refractivity contribution is -0.116. The van der Waals surface area contributed by atoms with E-state index in [1.807, 2.05) is 0 Å². The van der Waals surface area contributed by atoms with Crippen LogP contribution in [0.25, 0.3) is 0 Å². The first-order chi connectivity index (χ1) is 12.8. The second kappa shape index (κ2) is 7.62. The fraction of sp³-hybridized carbons (Fsp3) is 0.200. The smallest absolute Gasteiger partial charge is 0.242 e. The van der Waals surface area contributed by atoms with Crippen molar-refractivity contribution < 1.29 is 19.2 Å². The van der Waals surface area contributed by atoms with Gasteiger partial charge in [0, 0.05) is 23.1 Å². The molecule has 0 fully saturated rings. The van der Waals surface area contributed by atoms with E-state index in [2.05, 4.69) is 5.32 Å². The number of benzene rings is 2. The van der Waals surface area contributed by atoms with Crippen LogP contribution >= 0.6 is 23.2 Å². The third-order valence-corrected chi connectivity index (χ3v) is 4.82. The average molecular weight is 404 g/mol. The van der Waals surface area contributed by atoms with Crippen molar-refractivity contribution in [3.63, 3.8) is 0 Å². The third kappa shape index (κ3) is 3.53. The molecule has 0 heterocycles. The zero-order valence-corrected chi connectivity index (χ0v) is 15.9. The predicted octanol–water partition coefficient (Wildman–Crippen LogP) is 3.38. The molecule has 0 saturated carbocycles. The number of fused-ring (bicyclic) bond motifs is 2. The molecular formula is C20H15Cl2NO4. The molecule has 1 aliphatic carbocycles. The summed E-state index contributed by atoms with van der Waals surface area (Å²) in [6, 6.07) is 9.54. The van der Waals surface area contributed by atoms with Crippen LogP contribution in [0.2, 0.25) is 0 Å². The summed E-state index contributed by atoms with van der Waals surface area (Å²) in [6.07, 6.45) is -0.0772. The number of hydrogen-bond donors (Lipinski definition) is 1. The lowest BCUT2D eigenvalue weighted by Gasteiger charge is -2.23. The molecular weight excluding hydrogens is 389 g/mol. The van der Waals surface area contributed by atoms with Crippen LogP contribution in [-0.2, 0) is 16.0 Å². The maximum absolute atomic E-state index is 13.1. The van der Waals surface area contributed by atoms with E-state index in [1.54, 1.807) is 30.3 Å². The summed E-state index contributed by atoms with van der Waals surface area (Å²) in [5.74, 6) is -1.72. The molecule has 1 aliphatic rings. The number of carbonyl (C=O) groups is 4. The molecule has 0 radical (unpaired) electrons. The van der Waals surface area contributed by atoms with Crippen molar-refractivity contribution >= 4 is 52.1 Å². The maximum Gasteiger partial charge on any atom is 0.242 e. The number of Topliss-reactive ketones (excluding diaryl/α,β-unsaturated/α-hetero) is 1. The van der Waals surface area contributed by atoms with Crippen LogP contribution in [0.1, 0.15) is 44.3 Å². The molecule has 0 bridgehead atoms. The van der Waals surface area contributed by atoms with Gasteiger partial charge in [0.25, 0.3) is 0 Å². The van der Waals surface area contributed by atoms with Crippen LogP contribution in [0.5, 0.6) is 0 Å². The number of alkyl halides is 2. The van der Waals surface area contributed by atoms with Crippen LogP contribution < -0.4 is 5.32 Å².